The highest BCUT2D eigenvalue weighted by atomic mass is 32.2. The number of rotatable bonds is 6. The summed E-state index contributed by atoms with van der Waals surface area (Å²) in [5, 5.41) is 1.57. The van der Waals surface area contributed by atoms with Crippen molar-refractivity contribution < 1.29 is 35.9 Å². The van der Waals surface area contributed by atoms with Gasteiger partial charge in [0.05, 0.1) is 27.4 Å². The van der Waals surface area contributed by atoms with Gasteiger partial charge < -0.3 is 4.74 Å². The predicted octanol–water partition coefficient (Wildman–Crippen LogP) is 4.61. The number of thiazole rings is 1. The van der Waals surface area contributed by atoms with Crippen molar-refractivity contribution in [2.24, 2.45) is 0 Å². The first-order valence-electron chi connectivity index (χ1n) is 9.26. The van der Waals surface area contributed by atoms with Crippen molar-refractivity contribution in [2.75, 3.05) is 11.2 Å². The summed E-state index contributed by atoms with van der Waals surface area (Å²) in [6.45, 7) is 0.852. The van der Waals surface area contributed by atoms with Crippen molar-refractivity contribution in [1.82, 2.24) is 4.98 Å². The van der Waals surface area contributed by atoms with Crippen molar-refractivity contribution >= 4 is 43.9 Å². The van der Waals surface area contributed by atoms with Crippen LogP contribution in [0, 0.1) is 0 Å². The van der Waals surface area contributed by atoms with E-state index in [9.17, 15) is 31.2 Å². The highest BCUT2D eigenvalue weighted by Crippen LogP contribution is 2.35. The summed E-state index contributed by atoms with van der Waals surface area (Å²) in [4.78, 5) is 29.6. The maximum absolute atomic E-state index is 13.1. The zero-order valence-electron chi connectivity index (χ0n) is 17.3. The lowest BCUT2D eigenvalue weighted by Crippen LogP contribution is -2.23. The summed E-state index contributed by atoms with van der Waals surface area (Å²) in [6.07, 6.45) is -3.61. The van der Waals surface area contributed by atoms with Crippen molar-refractivity contribution in [2.45, 2.75) is 24.6 Å². The molecule has 0 saturated heterocycles. The molecule has 2 aromatic carbocycles. The van der Waals surface area contributed by atoms with E-state index in [1.807, 2.05) is 0 Å². The third kappa shape index (κ3) is 5.76. The second-order valence-electron chi connectivity index (χ2n) is 6.87. The fourth-order valence-electron chi connectivity index (χ4n) is 2.89. The fraction of sp³-hybridized carbons (Fsp3) is 0.190. The number of ether oxygens (including phenoxy) is 1. The Kier molecular flexibility index (Phi) is 6.89. The molecular formula is C21H17F3N2O5S2. The summed E-state index contributed by atoms with van der Waals surface area (Å²) in [6, 6.07) is 9.83. The van der Waals surface area contributed by atoms with Crippen molar-refractivity contribution in [1.29, 1.82) is 0 Å². The summed E-state index contributed by atoms with van der Waals surface area (Å²) in [5.74, 6) is -1.44. The van der Waals surface area contributed by atoms with Crippen molar-refractivity contribution in [3.05, 3.63) is 70.7 Å². The molecule has 0 spiro atoms. The van der Waals surface area contributed by atoms with Gasteiger partial charge in [0.25, 0.3) is 0 Å². The number of hydrogen-bond acceptors (Lipinski definition) is 7. The lowest BCUT2D eigenvalue weighted by molar-refractivity contribution is -0.137. The van der Waals surface area contributed by atoms with Crippen LogP contribution in [0.5, 0.6) is 0 Å². The number of benzene rings is 2. The van der Waals surface area contributed by atoms with Gasteiger partial charge >= 0.3 is 12.1 Å². The second-order valence-corrected chi connectivity index (χ2v) is 9.69. The number of alkyl halides is 3. The zero-order valence-corrected chi connectivity index (χ0v) is 18.9. The number of amides is 1. The van der Waals surface area contributed by atoms with Crippen LogP contribution in [-0.4, -0.2) is 31.5 Å². The molecule has 0 N–H and O–H groups in total. The SMILES string of the molecule is CC(=O)N(c1cccc(C(F)(F)F)c1)c1nc(COC(=O)c2ccccc2S(C)(=O)=O)cs1. The number of anilines is 2. The molecule has 1 heterocycles. The highest BCUT2D eigenvalue weighted by molar-refractivity contribution is 7.90. The number of esters is 1. The first-order chi connectivity index (χ1) is 15.4. The predicted molar refractivity (Wildman–Crippen MR) is 115 cm³/mol. The molecular weight excluding hydrogens is 481 g/mol. The molecule has 12 heteroatoms. The molecule has 1 aromatic heterocycles. The van der Waals surface area contributed by atoms with Gasteiger partial charge in [-0.2, -0.15) is 13.2 Å². The molecule has 0 aliphatic rings. The van der Waals surface area contributed by atoms with E-state index in [0.717, 1.165) is 34.6 Å². The monoisotopic (exact) mass is 498 g/mol. The Hall–Kier alpha value is -3.25. The largest absolute Gasteiger partial charge is 0.456 e. The number of aromatic nitrogens is 1. The van der Waals surface area contributed by atoms with Gasteiger partial charge in [0.1, 0.15) is 6.61 Å². The molecule has 7 nitrogen and oxygen atoms in total. The molecule has 0 radical (unpaired) electrons. The Balaban J connectivity index is 1.81. The van der Waals surface area contributed by atoms with E-state index in [2.05, 4.69) is 4.98 Å². The first kappa shape index (κ1) is 24.4. The average Bonchev–Trinajstić information content (AvgIpc) is 3.19. The molecule has 33 heavy (non-hydrogen) atoms. The average molecular weight is 499 g/mol. The summed E-state index contributed by atoms with van der Waals surface area (Å²) >= 11 is 0.975. The van der Waals surface area contributed by atoms with E-state index < -0.39 is 33.5 Å². The van der Waals surface area contributed by atoms with Crippen LogP contribution < -0.4 is 4.90 Å². The number of nitrogens with zero attached hydrogens (tertiary/aromatic N) is 2. The van der Waals surface area contributed by atoms with Crippen LogP contribution in [0.3, 0.4) is 0 Å². The van der Waals surface area contributed by atoms with E-state index in [4.69, 9.17) is 4.74 Å². The van der Waals surface area contributed by atoms with E-state index >= 15 is 0 Å². The summed E-state index contributed by atoms with van der Waals surface area (Å²) in [7, 11) is -3.66. The third-order valence-electron chi connectivity index (χ3n) is 4.34. The maximum Gasteiger partial charge on any atom is 0.416 e. The molecule has 0 unspecified atom stereocenters. The number of carbonyl (C=O) groups is 2. The minimum Gasteiger partial charge on any atom is -0.456 e. The van der Waals surface area contributed by atoms with Crippen LogP contribution in [0.15, 0.2) is 58.8 Å². The van der Waals surface area contributed by atoms with Crippen molar-refractivity contribution in [3.63, 3.8) is 0 Å². The minimum absolute atomic E-state index is 0.0164. The van der Waals surface area contributed by atoms with Gasteiger partial charge in [0.2, 0.25) is 5.91 Å². The van der Waals surface area contributed by atoms with E-state index in [1.165, 1.54) is 48.7 Å². The molecule has 0 saturated carbocycles. The second kappa shape index (κ2) is 9.32. The van der Waals surface area contributed by atoms with Gasteiger partial charge in [0.15, 0.2) is 15.0 Å². The molecule has 1 amide bonds. The summed E-state index contributed by atoms with van der Waals surface area (Å²) < 4.78 is 68.1. The molecule has 0 aliphatic heterocycles. The Morgan fingerprint density at radius 3 is 2.45 bits per heavy atom. The van der Waals surface area contributed by atoms with Gasteiger partial charge in [0, 0.05) is 18.6 Å². The van der Waals surface area contributed by atoms with Crippen LogP contribution in [-0.2, 0) is 32.2 Å². The number of carbonyl (C=O) groups excluding carboxylic acids is 2. The minimum atomic E-state index is -4.58. The van der Waals surface area contributed by atoms with Gasteiger partial charge in [-0.3, -0.25) is 9.69 Å². The molecule has 174 valence electrons. The van der Waals surface area contributed by atoms with Crippen molar-refractivity contribution in [3.8, 4) is 0 Å². The van der Waals surface area contributed by atoms with E-state index in [1.54, 1.807) is 0 Å². The normalized spacial score (nSPS) is 11.8. The van der Waals surface area contributed by atoms with E-state index in [-0.39, 0.29) is 33.6 Å². The Morgan fingerprint density at radius 1 is 1.12 bits per heavy atom. The first-order valence-corrected chi connectivity index (χ1v) is 12.0. The Bertz CT molecular complexity index is 1300. The topological polar surface area (TPSA) is 93.6 Å². The molecule has 3 rings (SSSR count). The number of hydrogen-bond donors (Lipinski definition) is 0. The number of sulfone groups is 1. The number of halogens is 3. The molecule has 0 bridgehead atoms. The van der Waals surface area contributed by atoms with Crippen LogP contribution >= 0.6 is 11.3 Å². The van der Waals surface area contributed by atoms with Gasteiger partial charge in [-0.1, -0.05) is 18.2 Å². The zero-order chi connectivity index (χ0) is 24.4. The van der Waals surface area contributed by atoms with Crippen LogP contribution in [0.1, 0.15) is 28.5 Å². The Labute approximate surface area is 191 Å². The lowest BCUT2D eigenvalue weighted by Gasteiger charge is -2.19. The molecule has 0 atom stereocenters. The van der Waals surface area contributed by atoms with Gasteiger partial charge in [-0.15, -0.1) is 11.3 Å². The standard InChI is InChI=1S/C21H17F3N2O5S2/c1-13(27)26(16-7-5-6-14(10-16)21(22,23)24)20-25-15(12-32-20)11-31-19(28)17-8-3-4-9-18(17)33(2,29)30/h3-10,12H,11H2,1-2H3. The fourth-order valence-corrected chi connectivity index (χ4v) is 4.64. The lowest BCUT2D eigenvalue weighted by atomic mass is 10.2. The van der Waals surface area contributed by atoms with E-state index in [0.29, 0.717) is 0 Å². The van der Waals surface area contributed by atoms with Gasteiger partial charge in [-0.25, -0.2) is 18.2 Å². The quantitative estimate of drug-likeness (QED) is 0.461. The molecule has 0 fully saturated rings. The Morgan fingerprint density at radius 2 is 1.82 bits per heavy atom. The van der Waals surface area contributed by atoms with Crippen LogP contribution in [0.4, 0.5) is 24.0 Å². The molecule has 0 aliphatic carbocycles. The smallest absolute Gasteiger partial charge is 0.416 e. The third-order valence-corrected chi connectivity index (χ3v) is 6.36. The summed E-state index contributed by atoms with van der Waals surface area (Å²) in [5.41, 5.74) is -0.831. The van der Waals surface area contributed by atoms with Gasteiger partial charge in [-0.05, 0) is 30.3 Å². The maximum atomic E-state index is 13.1. The van der Waals surface area contributed by atoms with Crippen LogP contribution in [0.25, 0.3) is 0 Å². The highest BCUT2D eigenvalue weighted by Gasteiger charge is 2.31. The van der Waals surface area contributed by atoms with Crippen LogP contribution in [0.2, 0.25) is 0 Å². The molecule has 3 aromatic rings.